The van der Waals surface area contributed by atoms with Gasteiger partial charge in [0.15, 0.2) is 0 Å². The van der Waals surface area contributed by atoms with Crippen LogP contribution in [0.25, 0.3) is 11.1 Å². The minimum absolute atomic E-state index is 0.114. The van der Waals surface area contributed by atoms with Gasteiger partial charge in [0.25, 0.3) is 0 Å². The van der Waals surface area contributed by atoms with E-state index in [-0.39, 0.29) is 11.7 Å². The van der Waals surface area contributed by atoms with E-state index in [0.29, 0.717) is 0 Å². The Morgan fingerprint density at radius 3 is 2.29 bits per heavy atom. The van der Waals surface area contributed by atoms with E-state index in [9.17, 15) is 4.39 Å². The SMILES string of the molecule is Cc1cccc(-c2ccc(F)c(C(C)C)c2)c1. The third kappa shape index (κ3) is 2.55. The molecule has 0 bridgehead atoms. The van der Waals surface area contributed by atoms with Gasteiger partial charge in [-0.3, -0.25) is 0 Å². The summed E-state index contributed by atoms with van der Waals surface area (Å²) in [5.74, 6) is 0.0937. The van der Waals surface area contributed by atoms with Crippen LogP contribution in [0, 0.1) is 12.7 Å². The number of halogens is 1. The van der Waals surface area contributed by atoms with Crippen LogP contribution in [0.5, 0.6) is 0 Å². The van der Waals surface area contributed by atoms with E-state index in [2.05, 4.69) is 25.1 Å². The predicted octanol–water partition coefficient (Wildman–Crippen LogP) is 4.92. The van der Waals surface area contributed by atoms with E-state index in [1.54, 1.807) is 6.07 Å². The highest BCUT2D eigenvalue weighted by Crippen LogP contribution is 2.26. The summed E-state index contributed by atoms with van der Waals surface area (Å²) in [4.78, 5) is 0. The van der Waals surface area contributed by atoms with Crippen LogP contribution in [0.15, 0.2) is 42.5 Å². The van der Waals surface area contributed by atoms with E-state index < -0.39 is 0 Å². The second kappa shape index (κ2) is 4.70. The molecule has 0 aromatic heterocycles. The molecule has 88 valence electrons. The van der Waals surface area contributed by atoms with Gasteiger partial charge in [-0.05, 0) is 41.7 Å². The van der Waals surface area contributed by atoms with Crippen molar-refractivity contribution in [2.45, 2.75) is 26.7 Å². The first-order valence-corrected chi connectivity index (χ1v) is 5.94. The number of hydrogen-bond donors (Lipinski definition) is 0. The summed E-state index contributed by atoms with van der Waals surface area (Å²) in [7, 11) is 0. The van der Waals surface area contributed by atoms with Crippen molar-refractivity contribution >= 4 is 0 Å². The van der Waals surface area contributed by atoms with Crippen LogP contribution in [0.3, 0.4) is 0 Å². The monoisotopic (exact) mass is 228 g/mol. The van der Waals surface area contributed by atoms with Crippen molar-refractivity contribution in [3.8, 4) is 11.1 Å². The highest BCUT2D eigenvalue weighted by atomic mass is 19.1. The molecular weight excluding hydrogens is 211 g/mol. The molecule has 0 nitrogen and oxygen atoms in total. The Labute approximate surface area is 102 Å². The van der Waals surface area contributed by atoms with Crippen LogP contribution in [0.4, 0.5) is 4.39 Å². The van der Waals surface area contributed by atoms with Gasteiger partial charge in [0, 0.05) is 0 Å². The minimum Gasteiger partial charge on any atom is -0.207 e. The molecule has 0 aliphatic carbocycles. The summed E-state index contributed by atoms with van der Waals surface area (Å²) in [5.41, 5.74) is 4.23. The maximum absolute atomic E-state index is 13.6. The summed E-state index contributed by atoms with van der Waals surface area (Å²) in [6.07, 6.45) is 0. The van der Waals surface area contributed by atoms with Crippen molar-refractivity contribution in [3.05, 3.63) is 59.4 Å². The molecule has 0 spiro atoms. The molecule has 0 heterocycles. The molecular formula is C16H17F. The Morgan fingerprint density at radius 1 is 0.941 bits per heavy atom. The lowest BCUT2D eigenvalue weighted by Gasteiger charge is -2.10. The van der Waals surface area contributed by atoms with Crippen molar-refractivity contribution in [2.75, 3.05) is 0 Å². The molecule has 2 aromatic carbocycles. The molecule has 2 aromatic rings. The first kappa shape index (κ1) is 11.8. The molecule has 0 amide bonds. The number of rotatable bonds is 2. The standard InChI is InChI=1S/C16H17F/c1-11(2)15-10-14(7-8-16(15)17)13-6-4-5-12(3)9-13/h4-11H,1-3H3. The molecule has 0 radical (unpaired) electrons. The van der Waals surface area contributed by atoms with Gasteiger partial charge in [-0.15, -0.1) is 0 Å². The first-order valence-electron chi connectivity index (χ1n) is 5.94. The molecule has 2 rings (SSSR count). The quantitative estimate of drug-likeness (QED) is 0.684. The van der Waals surface area contributed by atoms with E-state index in [1.165, 1.54) is 5.56 Å². The molecule has 0 N–H and O–H groups in total. The van der Waals surface area contributed by atoms with Crippen LogP contribution < -0.4 is 0 Å². The third-order valence-corrected chi connectivity index (χ3v) is 2.97. The van der Waals surface area contributed by atoms with Crippen molar-refractivity contribution in [3.63, 3.8) is 0 Å². The van der Waals surface area contributed by atoms with Gasteiger partial charge in [0.05, 0.1) is 0 Å². The van der Waals surface area contributed by atoms with Crippen LogP contribution >= 0.6 is 0 Å². The zero-order valence-corrected chi connectivity index (χ0v) is 10.5. The molecule has 0 atom stereocenters. The number of hydrogen-bond acceptors (Lipinski definition) is 0. The van der Waals surface area contributed by atoms with Gasteiger partial charge in [0.2, 0.25) is 0 Å². The maximum atomic E-state index is 13.6. The van der Waals surface area contributed by atoms with Crippen LogP contribution in [-0.4, -0.2) is 0 Å². The van der Waals surface area contributed by atoms with Crippen molar-refractivity contribution in [1.82, 2.24) is 0 Å². The van der Waals surface area contributed by atoms with Gasteiger partial charge < -0.3 is 0 Å². The number of aryl methyl sites for hydroxylation is 1. The van der Waals surface area contributed by atoms with Gasteiger partial charge in [-0.2, -0.15) is 0 Å². The topological polar surface area (TPSA) is 0 Å². The second-order valence-corrected chi connectivity index (χ2v) is 4.76. The van der Waals surface area contributed by atoms with Crippen molar-refractivity contribution < 1.29 is 4.39 Å². The molecule has 1 heteroatoms. The van der Waals surface area contributed by atoms with Crippen LogP contribution in [0.2, 0.25) is 0 Å². The van der Waals surface area contributed by atoms with Crippen LogP contribution in [0.1, 0.15) is 30.9 Å². The largest absolute Gasteiger partial charge is 0.207 e. The molecule has 0 aliphatic heterocycles. The highest BCUT2D eigenvalue weighted by molar-refractivity contribution is 5.65. The van der Waals surface area contributed by atoms with E-state index >= 15 is 0 Å². The summed E-state index contributed by atoms with van der Waals surface area (Å²) < 4.78 is 13.6. The predicted molar refractivity (Wildman–Crippen MR) is 70.7 cm³/mol. The average Bonchev–Trinajstić information content (AvgIpc) is 2.29. The molecule has 17 heavy (non-hydrogen) atoms. The number of benzene rings is 2. The highest BCUT2D eigenvalue weighted by Gasteiger charge is 2.08. The molecule has 0 aliphatic rings. The zero-order chi connectivity index (χ0) is 12.4. The average molecular weight is 228 g/mol. The fraction of sp³-hybridized carbons (Fsp3) is 0.250. The molecule has 0 unspecified atom stereocenters. The minimum atomic E-state index is -0.114. The van der Waals surface area contributed by atoms with Gasteiger partial charge in [0.1, 0.15) is 5.82 Å². The summed E-state index contributed by atoms with van der Waals surface area (Å²) in [6, 6.07) is 13.6. The maximum Gasteiger partial charge on any atom is 0.126 e. The normalized spacial score (nSPS) is 10.9. The van der Waals surface area contributed by atoms with E-state index in [4.69, 9.17) is 0 Å². The Balaban J connectivity index is 2.50. The molecule has 0 fully saturated rings. The third-order valence-electron chi connectivity index (χ3n) is 2.97. The Bertz CT molecular complexity index is 527. The zero-order valence-electron chi connectivity index (χ0n) is 10.5. The fourth-order valence-electron chi connectivity index (χ4n) is 1.99. The van der Waals surface area contributed by atoms with Gasteiger partial charge in [-0.25, -0.2) is 4.39 Å². The Morgan fingerprint density at radius 2 is 1.65 bits per heavy atom. The lowest BCUT2D eigenvalue weighted by Crippen LogP contribution is -1.93. The molecule has 0 saturated carbocycles. The second-order valence-electron chi connectivity index (χ2n) is 4.76. The van der Waals surface area contributed by atoms with Gasteiger partial charge in [-0.1, -0.05) is 49.7 Å². The van der Waals surface area contributed by atoms with E-state index in [0.717, 1.165) is 16.7 Å². The first-order chi connectivity index (χ1) is 8.08. The summed E-state index contributed by atoms with van der Waals surface area (Å²) >= 11 is 0. The fourth-order valence-corrected chi connectivity index (χ4v) is 1.99. The lowest BCUT2D eigenvalue weighted by atomic mass is 9.96. The summed E-state index contributed by atoms with van der Waals surface area (Å²) in [6.45, 7) is 6.09. The Hall–Kier alpha value is -1.63. The Kier molecular flexibility index (Phi) is 3.28. The van der Waals surface area contributed by atoms with Gasteiger partial charge >= 0.3 is 0 Å². The lowest BCUT2D eigenvalue weighted by molar-refractivity contribution is 0.598. The molecule has 0 saturated heterocycles. The van der Waals surface area contributed by atoms with E-state index in [1.807, 2.05) is 32.0 Å². The van der Waals surface area contributed by atoms with Crippen molar-refractivity contribution in [1.29, 1.82) is 0 Å². The van der Waals surface area contributed by atoms with Crippen molar-refractivity contribution in [2.24, 2.45) is 0 Å². The smallest absolute Gasteiger partial charge is 0.126 e. The summed E-state index contributed by atoms with van der Waals surface area (Å²) in [5, 5.41) is 0. The van der Waals surface area contributed by atoms with Crippen LogP contribution in [-0.2, 0) is 0 Å².